The molecule has 0 amide bonds. The summed E-state index contributed by atoms with van der Waals surface area (Å²) in [5, 5.41) is 6.52. The lowest BCUT2D eigenvalue weighted by molar-refractivity contribution is 0.665. The van der Waals surface area contributed by atoms with E-state index in [2.05, 4.69) is 63.5 Å². The van der Waals surface area contributed by atoms with Crippen molar-refractivity contribution in [1.29, 1.82) is 0 Å². The van der Waals surface area contributed by atoms with Crippen molar-refractivity contribution in [2.45, 2.75) is 13.0 Å². The smallest absolute Gasteiger partial charge is 0.193 e. The van der Waals surface area contributed by atoms with Gasteiger partial charge in [0.25, 0.3) is 0 Å². The van der Waals surface area contributed by atoms with Gasteiger partial charge in [-0.1, -0.05) is 30.3 Å². The van der Waals surface area contributed by atoms with Gasteiger partial charge in [-0.3, -0.25) is 4.57 Å². The molecule has 2 heterocycles. The molecule has 0 unspecified atom stereocenters. The minimum Gasteiger partial charge on any atom is -0.311 e. The number of rotatable bonds is 6. The van der Waals surface area contributed by atoms with Crippen molar-refractivity contribution in [2.24, 2.45) is 0 Å². The summed E-state index contributed by atoms with van der Waals surface area (Å²) in [6.45, 7) is 1.84. The Morgan fingerprint density at radius 3 is 2.80 bits per heavy atom. The van der Waals surface area contributed by atoms with Crippen LogP contribution in [0.4, 0.5) is 0 Å². The van der Waals surface area contributed by atoms with E-state index in [0.717, 1.165) is 24.6 Å². The summed E-state index contributed by atoms with van der Waals surface area (Å²) in [5.41, 5.74) is 2.61. The first-order valence-electron chi connectivity index (χ1n) is 6.74. The van der Waals surface area contributed by atoms with E-state index >= 15 is 0 Å². The van der Waals surface area contributed by atoms with Crippen molar-refractivity contribution >= 4 is 11.3 Å². The van der Waals surface area contributed by atoms with Gasteiger partial charge in [-0.25, -0.2) is 4.98 Å². The maximum Gasteiger partial charge on any atom is 0.193 e. The summed E-state index contributed by atoms with van der Waals surface area (Å²) in [7, 11) is 0. The van der Waals surface area contributed by atoms with Crippen LogP contribution in [0.2, 0.25) is 0 Å². The molecule has 0 saturated heterocycles. The fourth-order valence-corrected chi connectivity index (χ4v) is 2.83. The monoisotopic (exact) mass is 283 g/mol. The molecule has 0 aliphatic carbocycles. The molecular weight excluding hydrogens is 266 g/mol. The van der Waals surface area contributed by atoms with E-state index in [9.17, 15) is 0 Å². The first kappa shape index (κ1) is 13.1. The van der Waals surface area contributed by atoms with E-state index in [0.29, 0.717) is 0 Å². The molecule has 0 aliphatic heterocycles. The molecule has 102 valence electrons. The van der Waals surface area contributed by atoms with Crippen molar-refractivity contribution in [2.75, 3.05) is 6.54 Å². The molecule has 0 fully saturated rings. The molecular formula is C16H17N3S. The lowest BCUT2D eigenvalue weighted by atomic mass is 10.1. The Morgan fingerprint density at radius 2 is 2.00 bits per heavy atom. The zero-order valence-corrected chi connectivity index (χ0v) is 12.0. The quantitative estimate of drug-likeness (QED) is 0.704. The summed E-state index contributed by atoms with van der Waals surface area (Å²) in [6, 6.07) is 14.8. The number of thiazole rings is 1. The average Bonchev–Trinajstić information content (AvgIpc) is 3.15. The topological polar surface area (TPSA) is 29.9 Å². The Hall–Kier alpha value is -1.91. The van der Waals surface area contributed by atoms with Crippen LogP contribution in [0.1, 0.15) is 11.3 Å². The van der Waals surface area contributed by atoms with Crippen molar-refractivity contribution in [1.82, 2.24) is 14.9 Å². The second-order valence-corrected chi connectivity index (χ2v) is 5.47. The van der Waals surface area contributed by atoms with Gasteiger partial charge in [0.2, 0.25) is 0 Å². The Kier molecular flexibility index (Phi) is 4.25. The number of benzene rings is 1. The third-order valence-electron chi connectivity index (χ3n) is 3.20. The van der Waals surface area contributed by atoms with Crippen molar-refractivity contribution in [3.05, 3.63) is 71.5 Å². The van der Waals surface area contributed by atoms with Gasteiger partial charge in [0, 0.05) is 30.0 Å². The largest absolute Gasteiger partial charge is 0.311 e. The Morgan fingerprint density at radius 1 is 1.10 bits per heavy atom. The molecule has 3 aromatic rings. The summed E-state index contributed by atoms with van der Waals surface area (Å²) < 4.78 is 2.14. The van der Waals surface area contributed by atoms with Crippen LogP contribution in [-0.4, -0.2) is 16.1 Å². The van der Waals surface area contributed by atoms with E-state index in [-0.39, 0.29) is 0 Å². The third-order valence-corrected chi connectivity index (χ3v) is 3.97. The summed E-state index contributed by atoms with van der Waals surface area (Å²) >= 11 is 1.65. The fraction of sp³-hybridized carbons (Fsp3) is 0.188. The third kappa shape index (κ3) is 3.15. The zero-order valence-electron chi connectivity index (χ0n) is 11.2. The fourth-order valence-electron chi connectivity index (χ4n) is 2.18. The normalized spacial score (nSPS) is 10.8. The van der Waals surface area contributed by atoms with E-state index in [4.69, 9.17) is 0 Å². The van der Waals surface area contributed by atoms with Crippen LogP contribution in [0.5, 0.6) is 0 Å². The van der Waals surface area contributed by atoms with Crippen LogP contribution in [-0.2, 0) is 13.0 Å². The minimum atomic E-state index is 0.861. The highest BCUT2D eigenvalue weighted by Gasteiger charge is 2.04. The standard InChI is InChI=1S/C16H17N3S/c1-2-5-14(6-3-1)8-9-17-13-15-7-4-11-19(15)16-18-10-12-20-16/h1-7,10-12,17H,8-9,13H2. The van der Waals surface area contributed by atoms with Gasteiger partial charge < -0.3 is 5.32 Å². The van der Waals surface area contributed by atoms with Crippen LogP contribution in [0.25, 0.3) is 5.13 Å². The van der Waals surface area contributed by atoms with E-state index < -0.39 is 0 Å². The molecule has 0 radical (unpaired) electrons. The van der Waals surface area contributed by atoms with E-state index in [1.165, 1.54) is 11.3 Å². The highest BCUT2D eigenvalue weighted by Crippen LogP contribution is 2.14. The molecule has 1 N–H and O–H groups in total. The molecule has 0 saturated carbocycles. The first-order valence-corrected chi connectivity index (χ1v) is 7.62. The summed E-state index contributed by atoms with van der Waals surface area (Å²) in [5.74, 6) is 0. The van der Waals surface area contributed by atoms with Crippen LogP contribution in [0.15, 0.2) is 60.2 Å². The predicted molar refractivity (Wildman–Crippen MR) is 83.3 cm³/mol. The van der Waals surface area contributed by atoms with Gasteiger partial charge in [-0.2, -0.15) is 0 Å². The highest BCUT2D eigenvalue weighted by molar-refractivity contribution is 7.12. The number of nitrogens with one attached hydrogen (secondary N) is 1. The second-order valence-electron chi connectivity index (χ2n) is 4.60. The van der Waals surface area contributed by atoms with Crippen molar-refractivity contribution < 1.29 is 0 Å². The van der Waals surface area contributed by atoms with Gasteiger partial charge in [0.05, 0.1) is 0 Å². The molecule has 0 aliphatic rings. The van der Waals surface area contributed by atoms with Crippen LogP contribution in [0.3, 0.4) is 0 Å². The van der Waals surface area contributed by atoms with Gasteiger partial charge in [0.1, 0.15) is 0 Å². The van der Waals surface area contributed by atoms with Crippen LogP contribution < -0.4 is 5.32 Å². The number of aromatic nitrogens is 2. The van der Waals surface area contributed by atoms with Crippen molar-refractivity contribution in [3.8, 4) is 5.13 Å². The lowest BCUT2D eigenvalue weighted by Gasteiger charge is -2.07. The number of hydrogen-bond donors (Lipinski definition) is 1. The maximum atomic E-state index is 4.35. The molecule has 1 aromatic carbocycles. The molecule has 4 heteroatoms. The molecule has 20 heavy (non-hydrogen) atoms. The van der Waals surface area contributed by atoms with Gasteiger partial charge in [-0.15, -0.1) is 11.3 Å². The SMILES string of the molecule is c1ccc(CCNCc2cccn2-c2nccs2)cc1. The van der Waals surface area contributed by atoms with Crippen molar-refractivity contribution in [3.63, 3.8) is 0 Å². The molecule has 3 nitrogen and oxygen atoms in total. The Bertz CT molecular complexity index is 629. The molecule has 2 aromatic heterocycles. The van der Waals surface area contributed by atoms with Crippen LogP contribution in [0, 0.1) is 0 Å². The molecule has 0 bridgehead atoms. The molecule has 0 atom stereocenters. The number of hydrogen-bond acceptors (Lipinski definition) is 3. The second kappa shape index (κ2) is 6.50. The summed E-state index contributed by atoms with van der Waals surface area (Å²) in [6.07, 6.45) is 4.96. The van der Waals surface area contributed by atoms with Crippen LogP contribution >= 0.6 is 11.3 Å². The van der Waals surface area contributed by atoms with E-state index in [1.54, 1.807) is 11.3 Å². The molecule has 0 spiro atoms. The molecule has 3 rings (SSSR count). The summed E-state index contributed by atoms with van der Waals surface area (Å²) in [4.78, 5) is 4.35. The van der Waals surface area contributed by atoms with Gasteiger partial charge >= 0.3 is 0 Å². The highest BCUT2D eigenvalue weighted by atomic mass is 32.1. The first-order chi connectivity index (χ1) is 9.93. The minimum absolute atomic E-state index is 0.861. The predicted octanol–water partition coefficient (Wildman–Crippen LogP) is 3.27. The maximum absolute atomic E-state index is 4.35. The Balaban J connectivity index is 1.53. The zero-order chi connectivity index (χ0) is 13.6. The van der Waals surface area contributed by atoms with E-state index in [1.807, 2.05) is 11.6 Å². The van der Waals surface area contributed by atoms with Gasteiger partial charge in [-0.05, 0) is 30.7 Å². The number of nitrogens with zero attached hydrogens (tertiary/aromatic N) is 2. The average molecular weight is 283 g/mol. The lowest BCUT2D eigenvalue weighted by Crippen LogP contribution is -2.18. The Labute approximate surface area is 122 Å². The van der Waals surface area contributed by atoms with Gasteiger partial charge in [0.15, 0.2) is 5.13 Å².